The van der Waals surface area contributed by atoms with Crippen molar-refractivity contribution in [3.63, 3.8) is 0 Å². The number of carbonyl (C=O) groups excluding carboxylic acids is 1. The summed E-state index contributed by atoms with van der Waals surface area (Å²) in [5, 5.41) is 23.1. The van der Waals surface area contributed by atoms with E-state index in [1.54, 1.807) is 20.8 Å². The fourth-order valence-electron chi connectivity index (χ4n) is 2.02. The van der Waals surface area contributed by atoms with Crippen LogP contribution in [-0.4, -0.2) is 31.7 Å². The molecular weight excluding hydrogens is 349 g/mol. The van der Waals surface area contributed by atoms with E-state index in [1.165, 1.54) is 12.1 Å². The number of hydrogen-bond donors (Lipinski definition) is 1. The van der Waals surface area contributed by atoms with E-state index >= 15 is 0 Å². The Labute approximate surface area is 147 Å². The second kappa shape index (κ2) is 7.11. The van der Waals surface area contributed by atoms with Crippen LogP contribution >= 0.6 is 0 Å². The molecule has 0 saturated heterocycles. The van der Waals surface area contributed by atoms with Gasteiger partial charge in [0.25, 0.3) is 0 Å². The van der Waals surface area contributed by atoms with Gasteiger partial charge in [-0.25, -0.2) is 0 Å². The second-order valence-electron chi connectivity index (χ2n) is 6.24. The van der Waals surface area contributed by atoms with Crippen molar-refractivity contribution >= 4 is 5.91 Å². The summed E-state index contributed by atoms with van der Waals surface area (Å²) in [5.41, 5.74) is -1.75. The van der Waals surface area contributed by atoms with Crippen LogP contribution < -0.4 is 5.32 Å². The number of nitrogens with one attached hydrogen (secondary N) is 1. The molecule has 2 rings (SSSR count). The van der Waals surface area contributed by atoms with Crippen LogP contribution in [0, 0.1) is 17.2 Å². The number of halogens is 3. The van der Waals surface area contributed by atoms with Crippen molar-refractivity contribution in [2.24, 2.45) is 5.92 Å². The van der Waals surface area contributed by atoms with Gasteiger partial charge in [0.15, 0.2) is 0 Å². The second-order valence-corrected chi connectivity index (χ2v) is 6.24. The van der Waals surface area contributed by atoms with Gasteiger partial charge in [-0.3, -0.25) is 4.79 Å². The molecule has 0 unspecified atom stereocenters. The number of carbonyl (C=O) groups is 1. The largest absolute Gasteiger partial charge is 0.416 e. The smallest absolute Gasteiger partial charge is 0.336 e. The van der Waals surface area contributed by atoms with Crippen LogP contribution in [-0.2, 0) is 17.5 Å². The molecule has 2 aromatic rings. The molecule has 1 N–H and O–H groups in total. The van der Waals surface area contributed by atoms with Gasteiger partial charge >= 0.3 is 6.18 Å². The van der Waals surface area contributed by atoms with Crippen molar-refractivity contribution in [3.05, 3.63) is 29.8 Å². The highest BCUT2D eigenvalue weighted by atomic mass is 19.4. The predicted octanol–water partition coefficient (Wildman–Crippen LogP) is 2.41. The lowest BCUT2D eigenvalue weighted by Gasteiger charge is -2.27. The molecule has 26 heavy (non-hydrogen) atoms. The Kier molecular flexibility index (Phi) is 5.30. The molecule has 0 bridgehead atoms. The predicted molar refractivity (Wildman–Crippen MR) is 85.3 cm³/mol. The molecule has 0 aliphatic rings. The zero-order chi connectivity index (χ0) is 19.5. The van der Waals surface area contributed by atoms with Crippen molar-refractivity contribution in [1.29, 1.82) is 5.26 Å². The van der Waals surface area contributed by atoms with Crippen LogP contribution in [0.15, 0.2) is 24.3 Å². The third-order valence-electron chi connectivity index (χ3n) is 3.97. The first-order valence-corrected chi connectivity index (χ1v) is 7.73. The van der Waals surface area contributed by atoms with E-state index in [1.807, 2.05) is 6.07 Å². The lowest BCUT2D eigenvalue weighted by atomic mass is 9.90. The molecule has 10 heteroatoms. The highest BCUT2D eigenvalue weighted by Gasteiger charge is 2.31. The molecule has 0 fully saturated rings. The van der Waals surface area contributed by atoms with E-state index in [0.29, 0.717) is 0 Å². The van der Waals surface area contributed by atoms with Gasteiger partial charge < -0.3 is 5.32 Å². The first-order chi connectivity index (χ1) is 12.0. The minimum Gasteiger partial charge on any atom is -0.336 e. The molecular formula is C16H17F3N6O. The van der Waals surface area contributed by atoms with Crippen molar-refractivity contribution in [3.8, 4) is 17.5 Å². The van der Waals surface area contributed by atoms with Crippen LogP contribution in [0.25, 0.3) is 11.4 Å². The number of amides is 1. The van der Waals surface area contributed by atoms with E-state index < -0.39 is 23.2 Å². The summed E-state index contributed by atoms with van der Waals surface area (Å²) in [6.45, 7) is 4.88. The van der Waals surface area contributed by atoms with Crippen molar-refractivity contribution in [2.75, 3.05) is 0 Å². The summed E-state index contributed by atoms with van der Waals surface area (Å²) in [7, 11) is 0. The number of aromatic nitrogens is 4. The van der Waals surface area contributed by atoms with Gasteiger partial charge in [0.2, 0.25) is 11.7 Å². The van der Waals surface area contributed by atoms with Gasteiger partial charge in [0.05, 0.1) is 11.6 Å². The lowest BCUT2D eigenvalue weighted by Crippen LogP contribution is -2.50. The Morgan fingerprint density at radius 2 is 2.08 bits per heavy atom. The Balaban J connectivity index is 2.14. The standard InChI is InChI=1S/C16H17F3N6O/c1-10(2)15(3,9-20)21-13(26)8-25-23-14(22-24-25)11-5-4-6-12(7-11)16(17,18)19/h4-7,10H,8H2,1-3H3,(H,21,26)/t15-/m0/s1. The number of hydrogen-bond acceptors (Lipinski definition) is 5. The normalized spacial score (nSPS) is 13.9. The van der Waals surface area contributed by atoms with Crippen LogP contribution in [0.1, 0.15) is 26.3 Å². The molecule has 1 amide bonds. The molecule has 1 heterocycles. The Morgan fingerprint density at radius 3 is 2.65 bits per heavy atom. The minimum atomic E-state index is -4.48. The number of benzene rings is 1. The average Bonchev–Trinajstić information content (AvgIpc) is 3.02. The summed E-state index contributed by atoms with van der Waals surface area (Å²) >= 11 is 0. The number of rotatable bonds is 5. The highest BCUT2D eigenvalue weighted by molar-refractivity contribution is 5.77. The molecule has 1 aromatic heterocycles. The van der Waals surface area contributed by atoms with Gasteiger partial charge in [0.1, 0.15) is 12.1 Å². The van der Waals surface area contributed by atoms with Crippen molar-refractivity contribution in [2.45, 2.75) is 39.0 Å². The lowest BCUT2D eigenvalue weighted by molar-refractivity contribution is -0.137. The van der Waals surface area contributed by atoms with E-state index in [-0.39, 0.29) is 23.9 Å². The molecule has 0 saturated carbocycles. The molecule has 0 spiro atoms. The Bertz CT molecular complexity index is 839. The first kappa shape index (κ1) is 19.4. The van der Waals surface area contributed by atoms with Gasteiger partial charge in [0, 0.05) is 5.56 Å². The molecule has 138 valence electrons. The average molecular weight is 366 g/mol. The van der Waals surface area contributed by atoms with Crippen LogP contribution in [0.2, 0.25) is 0 Å². The van der Waals surface area contributed by atoms with Crippen molar-refractivity contribution in [1.82, 2.24) is 25.5 Å². The number of tetrazole rings is 1. The molecule has 0 aliphatic heterocycles. The molecule has 7 nitrogen and oxygen atoms in total. The summed E-state index contributed by atoms with van der Waals surface area (Å²) in [6.07, 6.45) is -4.48. The maximum Gasteiger partial charge on any atom is 0.416 e. The fraction of sp³-hybridized carbons (Fsp3) is 0.438. The van der Waals surface area contributed by atoms with Crippen LogP contribution in [0.3, 0.4) is 0 Å². The van der Waals surface area contributed by atoms with E-state index in [9.17, 15) is 23.2 Å². The Morgan fingerprint density at radius 1 is 1.38 bits per heavy atom. The van der Waals surface area contributed by atoms with Gasteiger partial charge in [-0.1, -0.05) is 26.0 Å². The van der Waals surface area contributed by atoms with Gasteiger partial charge in [-0.2, -0.15) is 23.2 Å². The zero-order valence-corrected chi connectivity index (χ0v) is 14.4. The van der Waals surface area contributed by atoms with Crippen LogP contribution in [0.4, 0.5) is 13.2 Å². The molecule has 1 atom stereocenters. The topological polar surface area (TPSA) is 96.5 Å². The third-order valence-corrected chi connectivity index (χ3v) is 3.97. The first-order valence-electron chi connectivity index (χ1n) is 7.73. The summed E-state index contributed by atoms with van der Waals surface area (Å²) in [6, 6.07) is 6.55. The summed E-state index contributed by atoms with van der Waals surface area (Å²) < 4.78 is 38.3. The number of alkyl halides is 3. The highest BCUT2D eigenvalue weighted by Crippen LogP contribution is 2.31. The summed E-state index contributed by atoms with van der Waals surface area (Å²) in [5.74, 6) is -0.660. The molecule has 1 aromatic carbocycles. The fourth-order valence-corrected chi connectivity index (χ4v) is 2.02. The SMILES string of the molecule is CC(C)[C@](C)(C#N)NC(=O)Cn1nnc(-c2cccc(C(F)(F)F)c2)n1. The molecule has 0 radical (unpaired) electrons. The van der Waals surface area contributed by atoms with Gasteiger partial charge in [-0.15, -0.1) is 10.2 Å². The third kappa shape index (κ3) is 4.36. The maximum atomic E-state index is 12.8. The van der Waals surface area contributed by atoms with Crippen LogP contribution in [0.5, 0.6) is 0 Å². The van der Waals surface area contributed by atoms with E-state index in [2.05, 4.69) is 20.7 Å². The zero-order valence-electron chi connectivity index (χ0n) is 14.4. The number of nitrogens with zero attached hydrogens (tertiary/aromatic N) is 5. The number of nitriles is 1. The van der Waals surface area contributed by atoms with Crippen molar-refractivity contribution < 1.29 is 18.0 Å². The van der Waals surface area contributed by atoms with E-state index in [0.717, 1.165) is 16.9 Å². The quantitative estimate of drug-likeness (QED) is 0.877. The Hall–Kier alpha value is -2.96. The minimum absolute atomic E-state index is 0.0317. The van der Waals surface area contributed by atoms with E-state index in [4.69, 9.17) is 0 Å². The monoisotopic (exact) mass is 366 g/mol. The maximum absolute atomic E-state index is 12.8. The summed E-state index contributed by atoms with van der Waals surface area (Å²) in [4.78, 5) is 13.0. The molecule has 0 aliphatic carbocycles. The van der Waals surface area contributed by atoms with Gasteiger partial charge in [-0.05, 0) is 30.2 Å².